The van der Waals surface area contributed by atoms with Gasteiger partial charge in [-0.3, -0.25) is 9.13 Å². The minimum atomic E-state index is -0.263. The minimum Gasteiger partial charge on any atom is -0.292 e. The average Bonchev–Trinajstić information content (AvgIpc) is 2.73. The topological polar surface area (TPSA) is 76.5 Å². The Bertz CT molecular complexity index is 870. The molecule has 0 saturated carbocycles. The maximum atomic E-state index is 12.0. The fraction of sp³-hybridized carbons (Fsp3) is 0.143. The predicted octanol–water partition coefficient (Wildman–Crippen LogP) is 1.32. The van der Waals surface area contributed by atoms with Crippen LogP contribution in [0.4, 0.5) is 0 Å². The molecule has 0 radical (unpaired) electrons. The van der Waals surface area contributed by atoms with Crippen LogP contribution in [-0.2, 0) is 13.6 Å². The molecule has 3 rings (SSSR count). The first-order valence-electron chi connectivity index (χ1n) is 6.07. The molecule has 0 fully saturated rings. The third kappa shape index (κ3) is 1.77. The zero-order valence-corrected chi connectivity index (χ0v) is 10.8. The third-order valence-corrected chi connectivity index (χ3v) is 3.15. The van der Waals surface area contributed by atoms with Crippen molar-refractivity contribution < 1.29 is 0 Å². The monoisotopic (exact) mass is 265 g/mol. The maximum absolute atomic E-state index is 12.0. The number of imidazole rings is 1. The molecule has 0 aliphatic carbocycles. The molecule has 98 valence electrons. The summed E-state index contributed by atoms with van der Waals surface area (Å²) in [5, 5.41) is 8.84. The molecule has 0 atom stereocenters. The van der Waals surface area contributed by atoms with Gasteiger partial charge in [-0.2, -0.15) is 5.26 Å². The van der Waals surface area contributed by atoms with Crippen LogP contribution in [0.15, 0.2) is 41.3 Å². The lowest BCUT2D eigenvalue weighted by molar-refractivity contribution is 0.751. The predicted molar refractivity (Wildman–Crippen MR) is 73.8 cm³/mol. The van der Waals surface area contributed by atoms with E-state index >= 15 is 0 Å². The van der Waals surface area contributed by atoms with Gasteiger partial charge in [-0.1, -0.05) is 30.3 Å². The molecule has 0 aliphatic heterocycles. The number of aryl methyl sites for hydroxylation is 1. The first-order valence-corrected chi connectivity index (χ1v) is 6.07. The second-order valence-corrected chi connectivity index (χ2v) is 4.35. The highest BCUT2D eigenvalue weighted by Gasteiger charge is 2.13. The molecule has 0 N–H and O–H groups in total. The van der Waals surface area contributed by atoms with E-state index in [1.165, 1.54) is 9.13 Å². The normalized spacial score (nSPS) is 10.6. The zero-order chi connectivity index (χ0) is 14.1. The van der Waals surface area contributed by atoms with Gasteiger partial charge in [-0.15, -0.1) is 0 Å². The number of benzene rings is 1. The Morgan fingerprint density at radius 2 is 2.05 bits per heavy atom. The van der Waals surface area contributed by atoms with Crippen molar-refractivity contribution in [3.05, 3.63) is 47.0 Å². The Labute approximate surface area is 114 Å². The molecule has 0 amide bonds. The highest BCUT2D eigenvalue weighted by atomic mass is 16.1. The van der Waals surface area contributed by atoms with Crippen molar-refractivity contribution in [1.29, 1.82) is 5.26 Å². The van der Waals surface area contributed by atoms with Crippen molar-refractivity contribution in [2.24, 2.45) is 7.05 Å². The lowest BCUT2D eigenvalue weighted by atomic mass is 10.2. The van der Waals surface area contributed by atoms with Crippen LogP contribution >= 0.6 is 0 Å². The van der Waals surface area contributed by atoms with Gasteiger partial charge in [0.25, 0.3) is 0 Å². The molecule has 2 aromatic heterocycles. The van der Waals surface area contributed by atoms with Gasteiger partial charge in [-0.25, -0.2) is 14.8 Å². The van der Waals surface area contributed by atoms with Crippen molar-refractivity contribution in [3.63, 3.8) is 0 Å². The number of nitrogens with zero attached hydrogens (tertiary/aromatic N) is 5. The van der Waals surface area contributed by atoms with Crippen molar-refractivity contribution in [3.8, 4) is 17.5 Å². The van der Waals surface area contributed by atoms with E-state index in [0.29, 0.717) is 17.0 Å². The minimum absolute atomic E-state index is 0.0264. The molecule has 2 heterocycles. The molecule has 3 aromatic rings. The van der Waals surface area contributed by atoms with Gasteiger partial charge in [0.2, 0.25) is 0 Å². The molecule has 1 aromatic carbocycles. The molecular formula is C14H11N5O. The van der Waals surface area contributed by atoms with E-state index in [2.05, 4.69) is 9.97 Å². The number of nitriles is 1. The van der Waals surface area contributed by atoms with E-state index in [1.54, 1.807) is 13.2 Å². The quantitative estimate of drug-likeness (QED) is 0.700. The van der Waals surface area contributed by atoms with Crippen LogP contribution in [0.2, 0.25) is 0 Å². The second-order valence-electron chi connectivity index (χ2n) is 4.35. The summed E-state index contributed by atoms with van der Waals surface area (Å²) >= 11 is 0. The van der Waals surface area contributed by atoms with Gasteiger partial charge < -0.3 is 0 Å². The van der Waals surface area contributed by atoms with Crippen LogP contribution in [0.3, 0.4) is 0 Å². The number of hydrogen-bond donors (Lipinski definition) is 0. The van der Waals surface area contributed by atoms with Crippen LogP contribution in [0.25, 0.3) is 22.6 Å². The summed E-state index contributed by atoms with van der Waals surface area (Å²) in [6, 6.07) is 11.5. The molecule has 0 unspecified atom stereocenters. The summed E-state index contributed by atoms with van der Waals surface area (Å²) in [7, 11) is 1.64. The molecule has 0 aliphatic rings. The second kappa shape index (κ2) is 4.63. The summed E-state index contributed by atoms with van der Waals surface area (Å²) in [5.74, 6) is 0.537. The Hall–Kier alpha value is -2.94. The van der Waals surface area contributed by atoms with Gasteiger partial charge in [0, 0.05) is 12.6 Å². The average molecular weight is 265 g/mol. The molecule has 0 bridgehead atoms. The third-order valence-electron chi connectivity index (χ3n) is 3.15. The first-order chi connectivity index (χ1) is 9.72. The van der Waals surface area contributed by atoms with Crippen molar-refractivity contribution >= 4 is 11.2 Å². The largest absolute Gasteiger partial charge is 0.331 e. The van der Waals surface area contributed by atoms with E-state index in [1.807, 2.05) is 36.4 Å². The van der Waals surface area contributed by atoms with Crippen LogP contribution < -0.4 is 5.69 Å². The first kappa shape index (κ1) is 12.1. The van der Waals surface area contributed by atoms with Gasteiger partial charge in [-0.05, 0) is 0 Å². The Morgan fingerprint density at radius 3 is 2.75 bits per heavy atom. The Morgan fingerprint density at radius 1 is 1.30 bits per heavy atom. The molecule has 6 heteroatoms. The number of aromatic nitrogens is 4. The summed E-state index contributed by atoms with van der Waals surface area (Å²) in [6.07, 6.45) is 1.61. The van der Waals surface area contributed by atoms with E-state index in [0.717, 1.165) is 5.56 Å². The van der Waals surface area contributed by atoms with Gasteiger partial charge in [0.05, 0.1) is 12.3 Å². The van der Waals surface area contributed by atoms with E-state index in [-0.39, 0.29) is 12.2 Å². The molecular weight excluding hydrogens is 254 g/mol. The summed E-state index contributed by atoms with van der Waals surface area (Å²) in [4.78, 5) is 20.7. The van der Waals surface area contributed by atoms with Crippen LogP contribution in [0, 0.1) is 11.3 Å². The summed E-state index contributed by atoms with van der Waals surface area (Å²) in [5.41, 5.74) is 1.70. The van der Waals surface area contributed by atoms with Gasteiger partial charge >= 0.3 is 5.69 Å². The van der Waals surface area contributed by atoms with Crippen LogP contribution in [0.1, 0.15) is 0 Å². The maximum Gasteiger partial charge on any atom is 0.331 e. The summed E-state index contributed by atoms with van der Waals surface area (Å²) in [6.45, 7) is -0.0264. The lowest BCUT2D eigenvalue weighted by Gasteiger charge is -2.01. The van der Waals surface area contributed by atoms with E-state index in [4.69, 9.17) is 5.26 Å². The standard InChI is InChI=1S/C14H11N5O/c1-18-11-9-16-12(10-5-3-2-4-6-10)17-13(11)19(8-7-15)14(18)20/h2-6,9H,8H2,1H3. The summed E-state index contributed by atoms with van der Waals surface area (Å²) < 4.78 is 2.80. The highest BCUT2D eigenvalue weighted by molar-refractivity contribution is 5.73. The molecule has 0 saturated heterocycles. The number of rotatable bonds is 2. The van der Waals surface area contributed by atoms with Crippen molar-refractivity contribution in [2.45, 2.75) is 6.54 Å². The smallest absolute Gasteiger partial charge is 0.292 e. The van der Waals surface area contributed by atoms with Crippen LogP contribution in [0.5, 0.6) is 0 Å². The van der Waals surface area contributed by atoms with E-state index in [9.17, 15) is 4.79 Å². The van der Waals surface area contributed by atoms with Gasteiger partial charge in [0.15, 0.2) is 11.5 Å². The fourth-order valence-electron chi connectivity index (χ4n) is 2.12. The Balaban J connectivity index is 2.28. The van der Waals surface area contributed by atoms with E-state index < -0.39 is 0 Å². The highest BCUT2D eigenvalue weighted by Crippen LogP contribution is 2.17. The SMILES string of the molecule is Cn1c(=O)n(CC#N)c2nc(-c3ccccc3)ncc21. The number of hydrogen-bond acceptors (Lipinski definition) is 4. The van der Waals surface area contributed by atoms with Crippen molar-refractivity contribution in [1.82, 2.24) is 19.1 Å². The zero-order valence-electron chi connectivity index (χ0n) is 10.8. The number of fused-ring (bicyclic) bond motifs is 1. The molecule has 6 nitrogen and oxygen atoms in total. The molecule has 20 heavy (non-hydrogen) atoms. The lowest BCUT2D eigenvalue weighted by Crippen LogP contribution is -2.21. The molecule has 0 spiro atoms. The Kier molecular flexibility index (Phi) is 2.80. The van der Waals surface area contributed by atoms with Gasteiger partial charge in [0.1, 0.15) is 12.1 Å². The fourth-order valence-corrected chi connectivity index (χ4v) is 2.12. The van der Waals surface area contributed by atoms with Crippen molar-refractivity contribution in [2.75, 3.05) is 0 Å². The van der Waals surface area contributed by atoms with Crippen LogP contribution in [-0.4, -0.2) is 19.1 Å².